The lowest BCUT2D eigenvalue weighted by molar-refractivity contribution is -0.124. The van der Waals surface area contributed by atoms with Gasteiger partial charge < -0.3 is 5.32 Å². The van der Waals surface area contributed by atoms with E-state index in [0.717, 1.165) is 18.4 Å². The van der Waals surface area contributed by atoms with Crippen LogP contribution in [0.15, 0.2) is 18.2 Å². The van der Waals surface area contributed by atoms with E-state index in [2.05, 4.69) is 5.32 Å². The van der Waals surface area contributed by atoms with Crippen molar-refractivity contribution >= 4 is 17.5 Å². The van der Waals surface area contributed by atoms with Gasteiger partial charge in [-0.3, -0.25) is 14.5 Å². The lowest BCUT2D eigenvalue weighted by Crippen LogP contribution is -2.44. The van der Waals surface area contributed by atoms with E-state index in [4.69, 9.17) is 0 Å². The van der Waals surface area contributed by atoms with Crippen molar-refractivity contribution in [3.63, 3.8) is 0 Å². The number of nitrogens with zero attached hydrogens (tertiary/aromatic N) is 1. The van der Waals surface area contributed by atoms with Gasteiger partial charge in [-0.05, 0) is 30.9 Å². The van der Waals surface area contributed by atoms with Crippen molar-refractivity contribution in [3.05, 3.63) is 29.6 Å². The standard InChI is InChI=1S/C14H15FN2O2/c15-11-3-1-2-9-4-7-13(19)17(14(9)11)8-12(18)16-10-5-6-10/h1-3,10H,4-8H2,(H,16,18). The molecule has 4 nitrogen and oxygen atoms in total. The van der Waals surface area contributed by atoms with Gasteiger partial charge in [0.15, 0.2) is 0 Å². The summed E-state index contributed by atoms with van der Waals surface area (Å²) in [7, 11) is 0. The first-order chi connectivity index (χ1) is 9.15. The number of anilines is 1. The van der Waals surface area contributed by atoms with Crippen LogP contribution in [0.4, 0.5) is 10.1 Å². The lowest BCUT2D eigenvalue weighted by Gasteiger charge is -2.29. The van der Waals surface area contributed by atoms with E-state index in [1.165, 1.54) is 11.0 Å². The molecule has 2 amide bonds. The van der Waals surface area contributed by atoms with E-state index in [9.17, 15) is 14.0 Å². The molecule has 0 saturated heterocycles. The van der Waals surface area contributed by atoms with Crippen LogP contribution in [0.5, 0.6) is 0 Å². The van der Waals surface area contributed by atoms with Gasteiger partial charge in [-0.2, -0.15) is 0 Å². The Kier molecular flexibility index (Phi) is 2.97. The summed E-state index contributed by atoms with van der Waals surface area (Å²) in [5.41, 5.74) is 1.06. The summed E-state index contributed by atoms with van der Waals surface area (Å²) in [5, 5.41) is 2.82. The number of amides is 2. The van der Waals surface area contributed by atoms with E-state index in [-0.39, 0.29) is 30.1 Å². The molecule has 0 radical (unpaired) electrons. The minimum Gasteiger partial charge on any atom is -0.352 e. The molecule has 1 saturated carbocycles. The fourth-order valence-electron chi connectivity index (χ4n) is 2.38. The summed E-state index contributed by atoms with van der Waals surface area (Å²) in [6.07, 6.45) is 2.84. The first kappa shape index (κ1) is 12.1. The highest BCUT2D eigenvalue weighted by molar-refractivity contribution is 6.01. The quantitative estimate of drug-likeness (QED) is 0.894. The third-order valence-corrected chi connectivity index (χ3v) is 3.49. The maximum Gasteiger partial charge on any atom is 0.240 e. The lowest BCUT2D eigenvalue weighted by atomic mass is 10.0. The molecule has 1 aliphatic carbocycles. The molecule has 1 aromatic rings. The zero-order chi connectivity index (χ0) is 13.4. The molecular formula is C14H15FN2O2. The number of rotatable bonds is 3. The second kappa shape index (κ2) is 4.64. The number of para-hydroxylation sites is 1. The van der Waals surface area contributed by atoms with Crippen LogP contribution in [0, 0.1) is 5.82 Å². The van der Waals surface area contributed by atoms with Crippen LogP contribution in [-0.2, 0) is 16.0 Å². The molecule has 0 spiro atoms. The summed E-state index contributed by atoms with van der Waals surface area (Å²) in [6.45, 7) is -0.0940. The number of carbonyl (C=O) groups is 2. The van der Waals surface area contributed by atoms with Crippen LogP contribution in [0.2, 0.25) is 0 Å². The Hall–Kier alpha value is -1.91. The average molecular weight is 262 g/mol. The first-order valence-corrected chi connectivity index (χ1v) is 6.52. The Morgan fingerprint density at radius 3 is 2.89 bits per heavy atom. The maximum absolute atomic E-state index is 13.9. The van der Waals surface area contributed by atoms with Crippen molar-refractivity contribution in [2.24, 2.45) is 0 Å². The summed E-state index contributed by atoms with van der Waals surface area (Å²) >= 11 is 0. The molecule has 1 N–H and O–H groups in total. The second-order valence-corrected chi connectivity index (χ2v) is 5.07. The van der Waals surface area contributed by atoms with Gasteiger partial charge in [0.05, 0.1) is 5.69 Å². The van der Waals surface area contributed by atoms with Gasteiger partial charge in [-0.15, -0.1) is 0 Å². The van der Waals surface area contributed by atoms with E-state index in [0.29, 0.717) is 12.8 Å². The average Bonchev–Trinajstić information content (AvgIpc) is 3.17. The molecule has 0 bridgehead atoms. The smallest absolute Gasteiger partial charge is 0.240 e. The SMILES string of the molecule is O=C(CN1C(=O)CCc2cccc(F)c21)NC1CC1. The summed E-state index contributed by atoms with van der Waals surface area (Å²) in [6, 6.07) is 5.00. The molecule has 5 heteroatoms. The zero-order valence-corrected chi connectivity index (χ0v) is 10.5. The highest BCUT2D eigenvalue weighted by Crippen LogP contribution is 2.30. The fourth-order valence-corrected chi connectivity index (χ4v) is 2.38. The van der Waals surface area contributed by atoms with Gasteiger partial charge in [0.25, 0.3) is 0 Å². The number of hydrogen-bond acceptors (Lipinski definition) is 2. The number of benzene rings is 1. The van der Waals surface area contributed by atoms with Crippen LogP contribution in [0.25, 0.3) is 0 Å². The number of nitrogens with one attached hydrogen (secondary N) is 1. The minimum absolute atomic E-state index is 0.0940. The highest BCUT2D eigenvalue weighted by Gasteiger charge is 2.30. The largest absolute Gasteiger partial charge is 0.352 e. The van der Waals surface area contributed by atoms with Crippen molar-refractivity contribution in [1.29, 1.82) is 0 Å². The van der Waals surface area contributed by atoms with Gasteiger partial charge in [0.1, 0.15) is 12.4 Å². The maximum atomic E-state index is 13.9. The van der Waals surface area contributed by atoms with Crippen LogP contribution < -0.4 is 10.2 Å². The van der Waals surface area contributed by atoms with Crippen molar-refractivity contribution in [2.75, 3.05) is 11.4 Å². The van der Waals surface area contributed by atoms with Crippen molar-refractivity contribution in [3.8, 4) is 0 Å². The number of carbonyl (C=O) groups excluding carboxylic acids is 2. The monoisotopic (exact) mass is 262 g/mol. The fraction of sp³-hybridized carbons (Fsp3) is 0.429. The molecule has 1 aromatic carbocycles. The van der Waals surface area contributed by atoms with Crippen LogP contribution >= 0.6 is 0 Å². The van der Waals surface area contributed by atoms with Crippen LogP contribution in [-0.4, -0.2) is 24.4 Å². The number of aryl methyl sites for hydroxylation is 1. The van der Waals surface area contributed by atoms with Crippen LogP contribution in [0.3, 0.4) is 0 Å². The number of fused-ring (bicyclic) bond motifs is 1. The van der Waals surface area contributed by atoms with Crippen molar-refractivity contribution in [1.82, 2.24) is 5.32 Å². The Morgan fingerprint density at radius 1 is 1.37 bits per heavy atom. The minimum atomic E-state index is -0.440. The normalized spacial score (nSPS) is 18.2. The molecule has 1 heterocycles. The molecule has 0 atom stereocenters. The van der Waals surface area contributed by atoms with Gasteiger partial charge >= 0.3 is 0 Å². The predicted octanol–water partition coefficient (Wildman–Crippen LogP) is 1.38. The predicted molar refractivity (Wildman–Crippen MR) is 68.2 cm³/mol. The van der Waals surface area contributed by atoms with Crippen molar-refractivity contribution in [2.45, 2.75) is 31.7 Å². The first-order valence-electron chi connectivity index (χ1n) is 6.52. The topological polar surface area (TPSA) is 49.4 Å². The molecule has 19 heavy (non-hydrogen) atoms. The molecule has 100 valence electrons. The second-order valence-electron chi connectivity index (χ2n) is 5.07. The van der Waals surface area contributed by atoms with Gasteiger partial charge in [-0.1, -0.05) is 12.1 Å². The molecule has 0 unspecified atom stereocenters. The van der Waals surface area contributed by atoms with Gasteiger partial charge in [0, 0.05) is 12.5 Å². The van der Waals surface area contributed by atoms with E-state index in [1.54, 1.807) is 12.1 Å². The van der Waals surface area contributed by atoms with Crippen LogP contribution in [0.1, 0.15) is 24.8 Å². The van der Waals surface area contributed by atoms with Crippen molar-refractivity contribution < 1.29 is 14.0 Å². The molecule has 3 rings (SSSR count). The summed E-state index contributed by atoms with van der Waals surface area (Å²) in [4.78, 5) is 25.0. The number of halogens is 1. The number of hydrogen-bond donors (Lipinski definition) is 1. The van der Waals surface area contributed by atoms with Gasteiger partial charge in [-0.25, -0.2) is 4.39 Å². The molecule has 1 fully saturated rings. The third-order valence-electron chi connectivity index (χ3n) is 3.49. The Labute approximate surface area is 110 Å². The molecule has 0 aromatic heterocycles. The Morgan fingerprint density at radius 2 is 2.16 bits per heavy atom. The van der Waals surface area contributed by atoms with Gasteiger partial charge in [0.2, 0.25) is 11.8 Å². The molecule has 2 aliphatic rings. The highest BCUT2D eigenvalue weighted by atomic mass is 19.1. The Balaban J connectivity index is 1.83. The zero-order valence-electron chi connectivity index (χ0n) is 10.5. The molecule has 1 aliphatic heterocycles. The Bertz CT molecular complexity index is 540. The van der Waals surface area contributed by atoms with E-state index in [1.807, 2.05) is 0 Å². The molecular weight excluding hydrogens is 247 g/mol. The van der Waals surface area contributed by atoms with E-state index < -0.39 is 5.82 Å². The summed E-state index contributed by atoms with van der Waals surface area (Å²) < 4.78 is 13.9. The van der Waals surface area contributed by atoms with E-state index >= 15 is 0 Å². The third kappa shape index (κ3) is 2.45. The summed E-state index contributed by atoms with van der Waals surface area (Å²) in [5.74, 6) is -0.847.